The third-order valence-corrected chi connectivity index (χ3v) is 7.07. The molecule has 2 aromatic rings. The molecule has 0 aliphatic carbocycles. The summed E-state index contributed by atoms with van der Waals surface area (Å²) in [4.78, 5) is 17.9. The van der Waals surface area contributed by atoms with Crippen LogP contribution in [-0.2, 0) is 14.8 Å². The highest BCUT2D eigenvalue weighted by atomic mass is 32.2. The number of pyridine rings is 1. The van der Waals surface area contributed by atoms with Gasteiger partial charge in [-0.05, 0) is 36.4 Å². The molecular weight excluding hydrogens is 386 g/mol. The molecule has 1 aliphatic heterocycles. The molecular formula is C18H21N3O4S2. The van der Waals surface area contributed by atoms with Gasteiger partial charge in [0.25, 0.3) is 0 Å². The van der Waals surface area contributed by atoms with Gasteiger partial charge in [-0.25, -0.2) is 8.42 Å². The molecule has 1 aliphatic rings. The van der Waals surface area contributed by atoms with Crippen molar-refractivity contribution in [2.45, 2.75) is 10.9 Å². The summed E-state index contributed by atoms with van der Waals surface area (Å²) < 4.78 is 33.2. The molecule has 1 amide bonds. The number of ether oxygens (including phenoxy) is 1. The van der Waals surface area contributed by atoms with Crippen molar-refractivity contribution in [2.75, 3.05) is 32.1 Å². The summed E-state index contributed by atoms with van der Waals surface area (Å²) in [6, 6.07) is 8.97. The molecule has 0 bridgehead atoms. The van der Waals surface area contributed by atoms with Gasteiger partial charge < -0.3 is 9.64 Å². The topological polar surface area (TPSA) is 79.8 Å². The van der Waals surface area contributed by atoms with Crippen molar-refractivity contribution >= 4 is 27.7 Å². The van der Waals surface area contributed by atoms with E-state index in [0.717, 1.165) is 0 Å². The van der Waals surface area contributed by atoms with Crippen LogP contribution in [0.1, 0.15) is 0 Å². The summed E-state index contributed by atoms with van der Waals surface area (Å²) >= 11 is 1.59. The Kier molecular flexibility index (Phi) is 6.03. The normalized spacial score (nSPS) is 18.1. The zero-order valence-corrected chi connectivity index (χ0v) is 16.7. The third kappa shape index (κ3) is 4.42. The number of nitrogens with zero attached hydrogens (tertiary/aromatic N) is 3. The Morgan fingerprint density at radius 3 is 2.41 bits per heavy atom. The number of amides is 1. The second kappa shape index (κ2) is 8.28. The summed E-state index contributed by atoms with van der Waals surface area (Å²) in [7, 11) is -0.499. The Bertz CT molecular complexity index is 887. The Morgan fingerprint density at radius 1 is 1.15 bits per heavy atom. The van der Waals surface area contributed by atoms with E-state index in [0.29, 0.717) is 29.5 Å². The molecule has 1 fully saturated rings. The van der Waals surface area contributed by atoms with Crippen molar-refractivity contribution in [1.29, 1.82) is 0 Å². The van der Waals surface area contributed by atoms with Crippen LogP contribution in [0.4, 0.5) is 0 Å². The van der Waals surface area contributed by atoms with Crippen molar-refractivity contribution in [1.82, 2.24) is 14.2 Å². The lowest BCUT2D eigenvalue weighted by Crippen LogP contribution is -2.53. The lowest BCUT2D eigenvalue weighted by atomic mass is 10.3. The Balaban J connectivity index is 1.82. The van der Waals surface area contributed by atoms with Crippen LogP contribution in [0.3, 0.4) is 0 Å². The first-order valence-electron chi connectivity index (χ1n) is 8.38. The van der Waals surface area contributed by atoms with Crippen molar-refractivity contribution in [2.24, 2.45) is 0 Å². The van der Waals surface area contributed by atoms with Gasteiger partial charge in [-0.15, -0.1) is 0 Å². The van der Waals surface area contributed by atoms with E-state index in [1.807, 2.05) is 0 Å². The van der Waals surface area contributed by atoms with E-state index in [1.165, 1.54) is 21.3 Å². The van der Waals surface area contributed by atoms with E-state index < -0.39 is 16.1 Å². The van der Waals surface area contributed by atoms with Crippen LogP contribution in [0.5, 0.6) is 11.5 Å². The van der Waals surface area contributed by atoms with Crippen LogP contribution in [0.15, 0.2) is 53.7 Å². The maximum absolute atomic E-state index is 13.1. The smallest absolute Gasteiger partial charge is 0.243 e. The van der Waals surface area contributed by atoms with Gasteiger partial charge in [-0.2, -0.15) is 16.1 Å². The zero-order chi connectivity index (χ0) is 19.4. The molecule has 1 atom stereocenters. The Labute approximate surface area is 163 Å². The molecule has 9 heteroatoms. The molecule has 0 spiro atoms. The van der Waals surface area contributed by atoms with E-state index in [1.54, 1.807) is 62.5 Å². The fourth-order valence-electron chi connectivity index (χ4n) is 2.73. The molecule has 2 heterocycles. The predicted octanol–water partition coefficient (Wildman–Crippen LogP) is 2.07. The van der Waals surface area contributed by atoms with Crippen LogP contribution in [-0.4, -0.2) is 66.7 Å². The Hall–Kier alpha value is -2.10. The number of aromatic nitrogens is 1. The van der Waals surface area contributed by atoms with Gasteiger partial charge in [-0.1, -0.05) is 0 Å². The van der Waals surface area contributed by atoms with Crippen molar-refractivity contribution < 1.29 is 17.9 Å². The maximum atomic E-state index is 13.1. The largest absolute Gasteiger partial charge is 0.457 e. The molecule has 0 radical (unpaired) electrons. The summed E-state index contributed by atoms with van der Waals surface area (Å²) in [6.45, 7) is 0.312. The highest BCUT2D eigenvalue weighted by Gasteiger charge is 2.38. The van der Waals surface area contributed by atoms with E-state index in [9.17, 15) is 13.2 Å². The van der Waals surface area contributed by atoms with Gasteiger partial charge in [0.1, 0.15) is 17.5 Å². The number of rotatable bonds is 5. The van der Waals surface area contributed by atoms with Crippen molar-refractivity contribution in [3.63, 3.8) is 0 Å². The third-order valence-electron chi connectivity index (χ3n) is 4.12. The lowest BCUT2D eigenvalue weighted by molar-refractivity contribution is -0.132. The molecule has 1 aromatic heterocycles. The van der Waals surface area contributed by atoms with Crippen LogP contribution in [0.2, 0.25) is 0 Å². The average molecular weight is 408 g/mol. The first-order chi connectivity index (χ1) is 12.9. The van der Waals surface area contributed by atoms with E-state index in [-0.39, 0.29) is 10.8 Å². The highest BCUT2D eigenvalue weighted by molar-refractivity contribution is 7.99. The molecule has 7 nitrogen and oxygen atoms in total. The first kappa shape index (κ1) is 19.7. The quantitative estimate of drug-likeness (QED) is 0.755. The van der Waals surface area contributed by atoms with Gasteiger partial charge in [0.2, 0.25) is 15.9 Å². The number of likely N-dealkylation sites (N-methyl/N-ethyl adjacent to an activating group) is 1. The zero-order valence-electron chi connectivity index (χ0n) is 15.1. The summed E-state index contributed by atoms with van der Waals surface area (Å²) in [5.41, 5.74) is 0. The van der Waals surface area contributed by atoms with E-state index in [2.05, 4.69) is 4.98 Å². The Morgan fingerprint density at radius 2 is 1.78 bits per heavy atom. The van der Waals surface area contributed by atoms with E-state index in [4.69, 9.17) is 4.74 Å². The number of thioether (sulfide) groups is 1. The molecule has 0 N–H and O–H groups in total. The molecule has 144 valence electrons. The number of carbonyl (C=O) groups excluding carboxylic acids is 1. The minimum absolute atomic E-state index is 0.146. The molecule has 1 saturated heterocycles. The van der Waals surface area contributed by atoms with Crippen LogP contribution in [0.25, 0.3) is 0 Å². The first-order valence-corrected chi connectivity index (χ1v) is 11.0. The fourth-order valence-corrected chi connectivity index (χ4v) is 5.56. The van der Waals surface area contributed by atoms with Crippen LogP contribution < -0.4 is 4.74 Å². The molecule has 3 rings (SSSR count). The second-order valence-electron chi connectivity index (χ2n) is 6.20. The molecule has 27 heavy (non-hydrogen) atoms. The summed E-state index contributed by atoms with van der Waals surface area (Å²) in [5.74, 6) is 2.06. The standard InChI is InChI=1S/C18H21N3O4S2/c1-20(2)18(22)17-13-26-12-11-21(17)27(23,24)16-5-3-14(4-6-16)25-15-7-9-19-10-8-15/h3-10,17H,11-13H2,1-2H3. The summed E-state index contributed by atoms with van der Waals surface area (Å²) in [5, 5.41) is 0. The van der Waals surface area contributed by atoms with Crippen molar-refractivity contribution in [3.8, 4) is 11.5 Å². The monoisotopic (exact) mass is 407 g/mol. The van der Waals surface area contributed by atoms with Gasteiger partial charge in [0.15, 0.2) is 0 Å². The number of hydrogen-bond acceptors (Lipinski definition) is 6. The van der Waals surface area contributed by atoms with Crippen LogP contribution in [0, 0.1) is 0 Å². The molecule has 0 saturated carbocycles. The van der Waals surface area contributed by atoms with Gasteiger partial charge in [-0.3, -0.25) is 9.78 Å². The fraction of sp³-hybridized carbons (Fsp3) is 0.333. The minimum Gasteiger partial charge on any atom is -0.457 e. The number of sulfonamides is 1. The average Bonchev–Trinajstić information content (AvgIpc) is 2.68. The highest BCUT2D eigenvalue weighted by Crippen LogP contribution is 2.28. The van der Waals surface area contributed by atoms with E-state index >= 15 is 0 Å². The maximum Gasteiger partial charge on any atom is 0.243 e. The second-order valence-corrected chi connectivity index (χ2v) is 9.24. The van der Waals surface area contributed by atoms with Crippen LogP contribution >= 0.6 is 11.8 Å². The number of hydrogen-bond donors (Lipinski definition) is 0. The van der Waals surface area contributed by atoms with Gasteiger partial charge in [0, 0.05) is 44.5 Å². The lowest BCUT2D eigenvalue weighted by Gasteiger charge is -2.34. The van der Waals surface area contributed by atoms with Gasteiger partial charge >= 0.3 is 0 Å². The molecule has 1 unspecified atom stereocenters. The number of benzene rings is 1. The number of carbonyl (C=O) groups is 1. The SMILES string of the molecule is CN(C)C(=O)C1CSCCN1S(=O)(=O)c1ccc(Oc2ccncc2)cc1. The van der Waals surface area contributed by atoms with Crippen molar-refractivity contribution in [3.05, 3.63) is 48.8 Å². The minimum atomic E-state index is -3.77. The summed E-state index contributed by atoms with van der Waals surface area (Å²) in [6.07, 6.45) is 3.23. The van der Waals surface area contributed by atoms with Gasteiger partial charge in [0.05, 0.1) is 4.90 Å². The predicted molar refractivity (Wildman–Crippen MR) is 104 cm³/mol. The molecule has 1 aromatic carbocycles.